The Balaban J connectivity index is 1.55. The van der Waals surface area contributed by atoms with Gasteiger partial charge >= 0.3 is 0 Å². The van der Waals surface area contributed by atoms with Crippen LogP contribution in [-0.4, -0.2) is 63.7 Å². The molecule has 0 radical (unpaired) electrons. The summed E-state index contributed by atoms with van der Waals surface area (Å²) in [5, 5.41) is 9.45. The number of nitrogen functional groups attached to an aromatic ring is 1. The van der Waals surface area contributed by atoms with Gasteiger partial charge in [0.15, 0.2) is 0 Å². The first-order chi connectivity index (χ1) is 12.2. The molecule has 0 bridgehead atoms. The summed E-state index contributed by atoms with van der Waals surface area (Å²) in [4.78, 5) is 13.1. The van der Waals surface area contributed by atoms with Crippen LogP contribution in [0.2, 0.25) is 0 Å². The summed E-state index contributed by atoms with van der Waals surface area (Å²) >= 11 is 0. The zero-order valence-corrected chi connectivity index (χ0v) is 14.6. The molecule has 0 unspecified atom stereocenters. The summed E-state index contributed by atoms with van der Waals surface area (Å²) in [7, 11) is 0. The van der Waals surface area contributed by atoms with Gasteiger partial charge in [0.1, 0.15) is 0 Å². The maximum Gasteiger partial charge on any atom is 0.219 e. The highest BCUT2D eigenvalue weighted by molar-refractivity contribution is 5.17. The number of aliphatic hydroxyl groups is 1. The third kappa shape index (κ3) is 5.22. The van der Waals surface area contributed by atoms with E-state index in [9.17, 15) is 5.11 Å². The van der Waals surface area contributed by atoms with Gasteiger partial charge < -0.3 is 10.8 Å². The van der Waals surface area contributed by atoms with E-state index < -0.39 is 0 Å². The largest absolute Gasteiger partial charge is 0.396 e. The Morgan fingerprint density at radius 2 is 1.84 bits per heavy atom. The minimum atomic E-state index is 0.228. The van der Waals surface area contributed by atoms with E-state index in [0.717, 1.165) is 51.1 Å². The summed E-state index contributed by atoms with van der Waals surface area (Å²) in [5.41, 5.74) is 8.00. The maximum absolute atomic E-state index is 9.45. The fourth-order valence-corrected chi connectivity index (χ4v) is 3.44. The van der Waals surface area contributed by atoms with E-state index in [0.29, 0.717) is 12.0 Å². The van der Waals surface area contributed by atoms with Crippen molar-refractivity contribution in [2.24, 2.45) is 0 Å². The molecule has 1 saturated heterocycles. The number of piperazine rings is 1. The molecule has 1 aliphatic heterocycles. The minimum absolute atomic E-state index is 0.228. The second-order valence-electron chi connectivity index (χ2n) is 6.62. The Morgan fingerprint density at radius 3 is 2.56 bits per heavy atom. The average molecular weight is 341 g/mol. The number of nitrogens with zero attached hydrogens (tertiary/aromatic N) is 4. The van der Waals surface area contributed by atoms with Crippen molar-refractivity contribution < 1.29 is 5.11 Å². The van der Waals surface area contributed by atoms with Crippen molar-refractivity contribution in [2.45, 2.75) is 25.4 Å². The van der Waals surface area contributed by atoms with E-state index in [1.165, 1.54) is 5.56 Å². The fourth-order valence-electron chi connectivity index (χ4n) is 3.44. The first-order valence-electron chi connectivity index (χ1n) is 8.92. The zero-order chi connectivity index (χ0) is 17.5. The number of hydrogen-bond donors (Lipinski definition) is 2. The molecule has 3 N–H and O–H groups in total. The number of aliphatic hydroxyl groups excluding tert-OH is 1. The van der Waals surface area contributed by atoms with Crippen molar-refractivity contribution in [2.75, 3.05) is 38.5 Å². The summed E-state index contributed by atoms with van der Waals surface area (Å²) in [6.45, 7) is 5.09. The van der Waals surface area contributed by atoms with E-state index in [2.05, 4.69) is 50.1 Å². The van der Waals surface area contributed by atoms with Crippen LogP contribution >= 0.6 is 0 Å². The molecule has 0 amide bonds. The number of anilines is 1. The molecule has 1 aromatic carbocycles. The molecular formula is C19H27N5O. The van der Waals surface area contributed by atoms with E-state index in [4.69, 9.17) is 5.73 Å². The van der Waals surface area contributed by atoms with Gasteiger partial charge in [0.05, 0.1) is 0 Å². The van der Waals surface area contributed by atoms with Gasteiger partial charge in [0, 0.05) is 63.3 Å². The fraction of sp³-hybridized carbons (Fsp3) is 0.474. The first kappa shape index (κ1) is 17.8. The molecular weight excluding hydrogens is 314 g/mol. The monoisotopic (exact) mass is 341 g/mol. The van der Waals surface area contributed by atoms with Gasteiger partial charge in [0.2, 0.25) is 5.95 Å². The van der Waals surface area contributed by atoms with Crippen LogP contribution in [-0.2, 0) is 13.0 Å². The van der Waals surface area contributed by atoms with Crippen molar-refractivity contribution in [1.82, 2.24) is 19.8 Å². The standard InChI is InChI=1S/C19H27N5O/c20-19-21-12-17(13-22-19)14-23-9-10-24(18(15-23)7-11-25)8-6-16-4-2-1-3-5-16/h1-5,12-13,18,25H,6-11,14-15H2,(H2,20,21,22)/t18-/m1/s1. The smallest absolute Gasteiger partial charge is 0.219 e. The number of hydrogen-bond acceptors (Lipinski definition) is 6. The average Bonchev–Trinajstić information content (AvgIpc) is 2.64. The highest BCUT2D eigenvalue weighted by Crippen LogP contribution is 2.16. The Kier molecular flexibility index (Phi) is 6.33. The lowest BCUT2D eigenvalue weighted by atomic mass is 10.1. The molecule has 2 aromatic rings. The van der Waals surface area contributed by atoms with Crippen molar-refractivity contribution in [1.29, 1.82) is 0 Å². The van der Waals surface area contributed by atoms with Crippen LogP contribution in [0.4, 0.5) is 5.95 Å². The molecule has 25 heavy (non-hydrogen) atoms. The molecule has 1 fully saturated rings. The van der Waals surface area contributed by atoms with Crippen LogP contribution in [0.1, 0.15) is 17.5 Å². The topological polar surface area (TPSA) is 78.5 Å². The lowest BCUT2D eigenvalue weighted by Crippen LogP contribution is -2.53. The lowest BCUT2D eigenvalue weighted by Gasteiger charge is -2.41. The van der Waals surface area contributed by atoms with Crippen molar-refractivity contribution in [3.8, 4) is 0 Å². The predicted molar refractivity (Wildman–Crippen MR) is 98.9 cm³/mol. The van der Waals surface area contributed by atoms with Crippen LogP contribution in [0, 0.1) is 0 Å². The molecule has 1 atom stereocenters. The highest BCUT2D eigenvalue weighted by atomic mass is 16.3. The van der Waals surface area contributed by atoms with E-state index >= 15 is 0 Å². The van der Waals surface area contributed by atoms with Gasteiger partial charge in [-0.2, -0.15) is 0 Å². The Morgan fingerprint density at radius 1 is 1.08 bits per heavy atom. The van der Waals surface area contributed by atoms with E-state index in [1.807, 2.05) is 0 Å². The number of nitrogens with two attached hydrogens (primary N) is 1. The molecule has 6 nitrogen and oxygen atoms in total. The molecule has 0 spiro atoms. The molecule has 1 aliphatic rings. The third-order valence-corrected chi connectivity index (χ3v) is 4.81. The van der Waals surface area contributed by atoms with Gasteiger partial charge in [-0.05, 0) is 18.4 Å². The normalized spacial score (nSPS) is 19.2. The SMILES string of the molecule is Nc1ncc(CN2CCN(CCc3ccccc3)[C@H](CCO)C2)cn1. The van der Waals surface area contributed by atoms with Gasteiger partial charge in [-0.3, -0.25) is 9.80 Å². The van der Waals surface area contributed by atoms with Crippen molar-refractivity contribution in [3.05, 3.63) is 53.9 Å². The Hall–Kier alpha value is -2.02. The summed E-state index contributed by atoms with van der Waals surface area (Å²) < 4.78 is 0. The van der Waals surface area contributed by atoms with Gasteiger partial charge in [-0.15, -0.1) is 0 Å². The van der Waals surface area contributed by atoms with Gasteiger partial charge in [-0.25, -0.2) is 9.97 Å². The molecule has 2 heterocycles. The third-order valence-electron chi connectivity index (χ3n) is 4.81. The predicted octanol–water partition coefficient (Wildman–Crippen LogP) is 1.17. The highest BCUT2D eigenvalue weighted by Gasteiger charge is 2.26. The molecule has 1 aromatic heterocycles. The summed E-state index contributed by atoms with van der Waals surface area (Å²) in [5.74, 6) is 0.313. The Labute approximate surface area is 149 Å². The quantitative estimate of drug-likeness (QED) is 0.787. The molecule has 0 aliphatic carbocycles. The molecule has 3 rings (SSSR count). The van der Waals surface area contributed by atoms with E-state index in [1.54, 1.807) is 12.4 Å². The van der Waals surface area contributed by atoms with Crippen LogP contribution < -0.4 is 5.73 Å². The van der Waals surface area contributed by atoms with Crippen LogP contribution in [0.3, 0.4) is 0 Å². The Bertz CT molecular complexity index is 634. The summed E-state index contributed by atoms with van der Waals surface area (Å²) in [6, 6.07) is 11.0. The lowest BCUT2D eigenvalue weighted by molar-refractivity contribution is 0.0561. The van der Waals surface area contributed by atoms with Crippen LogP contribution in [0.15, 0.2) is 42.7 Å². The second-order valence-corrected chi connectivity index (χ2v) is 6.62. The molecule has 0 saturated carbocycles. The number of aromatic nitrogens is 2. The van der Waals surface area contributed by atoms with E-state index in [-0.39, 0.29) is 6.61 Å². The van der Waals surface area contributed by atoms with Crippen molar-refractivity contribution in [3.63, 3.8) is 0 Å². The molecule has 6 heteroatoms. The number of rotatable bonds is 7. The second kappa shape index (κ2) is 8.89. The minimum Gasteiger partial charge on any atom is -0.396 e. The number of benzene rings is 1. The summed E-state index contributed by atoms with van der Waals surface area (Å²) in [6.07, 6.45) is 5.45. The van der Waals surface area contributed by atoms with Crippen LogP contribution in [0.25, 0.3) is 0 Å². The van der Waals surface area contributed by atoms with Crippen molar-refractivity contribution >= 4 is 5.95 Å². The van der Waals surface area contributed by atoms with Crippen LogP contribution in [0.5, 0.6) is 0 Å². The molecule has 134 valence electrons. The maximum atomic E-state index is 9.45. The first-order valence-corrected chi connectivity index (χ1v) is 8.92. The van der Waals surface area contributed by atoms with Gasteiger partial charge in [-0.1, -0.05) is 30.3 Å². The van der Waals surface area contributed by atoms with Gasteiger partial charge in [0.25, 0.3) is 0 Å². The zero-order valence-electron chi connectivity index (χ0n) is 14.6.